The maximum atomic E-state index is 17.9. The first-order valence-electron chi connectivity index (χ1n) is 18.8. The van der Waals surface area contributed by atoms with Crippen molar-refractivity contribution in [3.63, 3.8) is 0 Å². The summed E-state index contributed by atoms with van der Waals surface area (Å²) in [5.41, 5.74) is 9.37. The van der Waals surface area contributed by atoms with Gasteiger partial charge in [-0.1, -0.05) is 0 Å². The fourth-order valence-electron chi connectivity index (χ4n) is 7.17. The van der Waals surface area contributed by atoms with Gasteiger partial charge in [-0.15, -0.1) is 0 Å². The van der Waals surface area contributed by atoms with E-state index in [1.165, 1.54) is 38.9 Å². The zero-order valence-electron chi connectivity index (χ0n) is 33.9. The molecule has 3 heteroatoms. The predicted octanol–water partition coefficient (Wildman–Crippen LogP) is 11.3. The number of hydrogen-bond donors (Lipinski definition) is 1. The molecule has 3 aromatic rings. The van der Waals surface area contributed by atoms with E-state index in [0.717, 1.165) is 24.2 Å². The molecule has 0 fully saturated rings. The average molecular weight is 717 g/mol. The molecule has 0 atom stereocenters. The third kappa shape index (κ3) is 7.81. The molecule has 0 aromatic heterocycles. The van der Waals surface area contributed by atoms with Crippen molar-refractivity contribution in [2.24, 2.45) is 0 Å². The molecule has 0 spiro atoms. The summed E-state index contributed by atoms with van der Waals surface area (Å²) in [5.74, 6) is 1.80. The number of hydrogen-bond acceptors (Lipinski definition) is 2. The van der Waals surface area contributed by atoms with E-state index in [4.69, 9.17) is 0 Å². The topological polar surface area (TPSA) is 37.3 Å². The molecule has 3 aromatic carbocycles. The molecule has 1 N–H and O–H groups in total. The van der Waals surface area contributed by atoms with E-state index in [-0.39, 0.29) is 35.5 Å². The Bertz CT molecular complexity index is 1500. The summed E-state index contributed by atoms with van der Waals surface area (Å²) in [4.78, 5) is 0. The molecule has 0 aliphatic carbocycles. The van der Waals surface area contributed by atoms with Crippen LogP contribution in [0.15, 0.2) is 36.4 Å². The van der Waals surface area contributed by atoms with Crippen molar-refractivity contribution in [3.8, 4) is 0 Å². The summed E-state index contributed by atoms with van der Waals surface area (Å²) in [7, 11) is 0. The van der Waals surface area contributed by atoms with E-state index in [0.29, 0.717) is 11.8 Å². The van der Waals surface area contributed by atoms with Gasteiger partial charge >= 0.3 is 299 Å². The second-order valence-corrected chi connectivity index (χ2v) is 22.9. The fourth-order valence-corrected chi connectivity index (χ4v) is 17.2. The molecular formula is C45H69AsO2. The summed E-state index contributed by atoms with van der Waals surface area (Å²) in [6.45, 7) is 39.9. The van der Waals surface area contributed by atoms with E-state index < -0.39 is 19.1 Å². The van der Waals surface area contributed by atoms with Crippen LogP contribution in [0.4, 0.5) is 0 Å². The van der Waals surface area contributed by atoms with E-state index in [1.807, 2.05) is 13.8 Å². The molecule has 3 rings (SSSR count). The van der Waals surface area contributed by atoms with Gasteiger partial charge < -0.3 is 0 Å². The van der Waals surface area contributed by atoms with Crippen LogP contribution in [0.25, 0.3) is 0 Å². The van der Waals surface area contributed by atoms with Crippen LogP contribution < -0.4 is 13.1 Å². The Morgan fingerprint density at radius 3 is 0.854 bits per heavy atom. The zero-order chi connectivity index (χ0) is 36.8. The van der Waals surface area contributed by atoms with Crippen LogP contribution in [0.5, 0.6) is 0 Å². The molecule has 48 heavy (non-hydrogen) atoms. The minimum atomic E-state index is -4.71. The van der Waals surface area contributed by atoms with Crippen LogP contribution in [0, 0.1) is 0 Å². The Kier molecular flexibility index (Phi) is 12.7. The molecule has 0 aliphatic heterocycles. The quantitative estimate of drug-likeness (QED) is 0.190. The van der Waals surface area contributed by atoms with Gasteiger partial charge in [0.05, 0.1) is 0 Å². The molecule has 0 heterocycles. The number of rotatable bonds is 12. The fraction of sp³-hybridized carbons (Fsp3) is 0.600. The van der Waals surface area contributed by atoms with Gasteiger partial charge in [0.25, 0.3) is 0 Å². The SMILES string of the molecule is CC(C)c1cc(C(C)C)c([As](=O)(c2c(C(C)C)cc(C(C)C)cc2C(C)C)c2c(C(C)C)cc(C(C)C)cc2C(C)(C)O)c(C(C)C)c1. The van der Waals surface area contributed by atoms with Gasteiger partial charge in [0.2, 0.25) is 0 Å². The van der Waals surface area contributed by atoms with Crippen molar-refractivity contribution in [1.82, 2.24) is 0 Å². The van der Waals surface area contributed by atoms with E-state index >= 15 is 3.74 Å². The maximum absolute atomic E-state index is 17.9. The second kappa shape index (κ2) is 15.1. The predicted molar refractivity (Wildman–Crippen MR) is 213 cm³/mol. The Balaban J connectivity index is 2.98. The van der Waals surface area contributed by atoms with E-state index in [1.54, 1.807) is 0 Å². The minimum absolute atomic E-state index is 0.120. The molecule has 0 amide bonds. The normalized spacial score (nSPS) is 13.2. The first kappa shape index (κ1) is 40.4. The Labute approximate surface area is 298 Å². The van der Waals surface area contributed by atoms with Crippen molar-refractivity contribution < 1.29 is 8.85 Å². The van der Waals surface area contributed by atoms with Crippen LogP contribution >= 0.6 is 0 Å². The molecule has 0 radical (unpaired) electrons. The summed E-state index contributed by atoms with van der Waals surface area (Å²) < 4.78 is 21.0. The van der Waals surface area contributed by atoms with Gasteiger partial charge in [0.1, 0.15) is 0 Å². The molecule has 0 saturated heterocycles. The van der Waals surface area contributed by atoms with Gasteiger partial charge in [-0.25, -0.2) is 0 Å². The number of aliphatic hydroxyl groups is 1. The molecule has 0 aliphatic rings. The van der Waals surface area contributed by atoms with Crippen LogP contribution in [-0.2, 0) is 9.34 Å². The third-order valence-corrected chi connectivity index (χ3v) is 17.4. The van der Waals surface area contributed by atoms with Crippen molar-refractivity contribution in [3.05, 3.63) is 86.5 Å². The zero-order valence-corrected chi connectivity index (χ0v) is 35.8. The first-order chi connectivity index (χ1) is 22.0. The van der Waals surface area contributed by atoms with Gasteiger partial charge in [-0.3, -0.25) is 0 Å². The second-order valence-electron chi connectivity index (χ2n) is 17.5. The molecule has 0 unspecified atom stereocenters. The summed E-state index contributed by atoms with van der Waals surface area (Å²) >= 11 is -4.71. The van der Waals surface area contributed by atoms with Gasteiger partial charge in [0, 0.05) is 0 Å². The van der Waals surface area contributed by atoms with Crippen molar-refractivity contribution >= 4 is 26.5 Å². The first-order valence-corrected chi connectivity index (χ1v) is 22.4. The standard InChI is InChI=1S/C45H69AsO2/c1-25(2)33-19-36(28(7)8)42(37(20-33)29(9)10)46(48,43-38(30(11)12)21-34(26(3)4)22-39(43)31(13)14)44-40(32(15)16)23-35(27(5)6)24-41(44)45(17,18)47/h19-32,47H,1-18H3. The van der Waals surface area contributed by atoms with Crippen molar-refractivity contribution in [2.75, 3.05) is 0 Å². The monoisotopic (exact) mass is 716 g/mol. The third-order valence-electron chi connectivity index (χ3n) is 10.3. The van der Waals surface area contributed by atoms with Crippen LogP contribution in [0.2, 0.25) is 0 Å². The van der Waals surface area contributed by atoms with E-state index in [9.17, 15) is 5.11 Å². The summed E-state index contributed by atoms with van der Waals surface area (Å²) in [6.07, 6.45) is 0. The van der Waals surface area contributed by atoms with E-state index in [2.05, 4.69) is 147 Å². The van der Waals surface area contributed by atoms with Crippen molar-refractivity contribution in [2.45, 2.75) is 178 Å². The van der Waals surface area contributed by atoms with Gasteiger partial charge in [-0.05, 0) is 0 Å². The summed E-state index contributed by atoms with van der Waals surface area (Å²) in [6, 6.07) is 14.0. The van der Waals surface area contributed by atoms with Crippen LogP contribution in [0.3, 0.4) is 0 Å². The summed E-state index contributed by atoms with van der Waals surface area (Å²) in [5, 5.41) is 12.2. The van der Waals surface area contributed by atoms with Crippen LogP contribution in [-0.4, -0.2) is 18.6 Å². The molecule has 0 bridgehead atoms. The van der Waals surface area contributed by atoms with Gasteiger partial charge in [0.15, 0.2) is 0 Å². The van der Waals surface area contributed by atoms with Gasteiger partial charge in [-0.2, -0.15) is 0 Å². The van der Waals surface area contributed by atoms with Crippen LogP contribution in [0.1, 0.15) is 222 Å². The molecular weight excluding hydrogens is 647 g/mol. The molecule has 266 valence electrons. The molecule has 0 saturated carbocycles. The average Bonchev–Trinajstić information content (AvgIpc) is 2.97. The molecule has 2 nitrogen and oxygen atoms in total. The van der Waals surface area contributed by atoms with Crippen molar-refractivity contribution in [1.29, 1.82) is 0 Å². The number of benzene rings is 3. The Morgan fingerprint density at radius 1 is 0.417 bits per heavy atom. The Hall–Kier alpha value is -2.02. The Morgan fingerprint density at radius 2 is 0.646 bits per heavy atom.